The maximum Gasteiger partial charge on any atom is 0.315 e. The van der Waals surface area contributed by atoms with Crippen LogP contribution in [0.1, 0.15) is 51.9 Å². The highest BCUT2D eigenvalue weighted by molar-refractivity contribution is 5.77. The fraction of sp³-hybridized carbons (Fsp3) is 0.846. The number of carboxylic acid groups (broad SMARTS) is 1. The van der Waals surface area contributed by atoms with Gasteiger partial charge in [-0.2, -0.15) is 0 Å². The minimum absolute atomic E-state index is 0.0284. The first-order chi connectivity index (χ1) is 8.51. The van der Waals surface area contributed by atoms with Crippen molar-refractivity contribution in [3.63, 3.8) is 0 Å². The summed E-state index contributed by atoms with van der Waals surface area (Å²) in [7, 11) is 0. The molecule has 2 saturated carbocycles. The Balaban J connectivity index is 1.84. The Hall–Kier alpha value is -1.26. The number of rotatable bonds is 4. The van der Waals surface area contributed by atoms with Gasteiger partial charge in [0.15, 0.2) is 0 Å². The van der Waals surface area contributed by atoms with Crippen molar-refractivity contribution in [2.45, 2.75) is 63.5 Å². The van der Waals surface area contributed by atoms with E-state index in [4.69, 9.17) is 5.11 Å². The summed E-state index contributed by atoms with van der Waals surface area (Å²) >= 11 is 0. The molecule has 5 heteroatoms. The predicted molar refractivity (Wildman–Crippen MR) is 67.3 cm³/mol. The van der Waals surface area contributed by atoms with Crippen LogP contribution in [-0.2, 0) is 4.79 Å². The molecule has 2 rings (SSSR count). The summed E-state index contributed by atoms with van der Waals surface area (Å²) in [6.45, 7) is 2.15. The highest BCUT2D eigenvalue weighted by Gasteiger charge is 2.40. The lowest BCUT2D eigenvalue weighted by Crippen LogP contribution is -2.58. The van der Waals surface area contributed by atoms with Crippen molar-refractivity contribution < 1.29 is 14.7 Å². The number of carbonyl (C=O) groups excluding carboxylic acids is 1. The summed E-state index contributed by atoms with van der Waals surface area (Å²) in [5.41, 5.74) is -0.502. The van der Waals surface area contributed by atoms with Crippen LogP contribution in [0.15, 0.2) is 0 Å². The van der Waals surface area contributed by atoms with E-state index in [0.29, 0.717) is 5.92 Å². The van der Waals surface area contributed by atoms with Gasteiger partial charge >= 0.3 is 12.0 Å². The van der Waals surface area contributed by atoms with E-state index in [0.717, 1.165) is 38.5 Å². The number of hydrogen-bond acceptors (Lipinski definition) is 2. The van der Waals surface area contributed by atoms with E-state index < -0.39 is 11.5 Å². The zero-order valence-corrected chi connectivity index (χ0v) is 10.9. The summed E-state index contributed by atoms with van der Waals surface area (Å²) in [5.74, 6) is -0.322. The van der Waals surface area contributed by atoms with Crippen LogP contribution < -0.4 is 10.6 Å². The number of nitrogens with one attached hydrogen (secondary N) is 2. The smallest absolute Gasteiger partial charge is 0.315 e. The van der Waals surface area contributed by atoms with Crippen LogP contribution in [0, 0.1) is 5.92 Å². The van der Waals surface area contributed by atoms with Gasteiger partial charge in [-0.05, 0) is 38.0 Å². The molecule has 0 spiro atoms. The van der Waals surface area contributed by atoms with Gasteiger partial charge in [0.05, 0.1) is 12.0 Å². The molecule has 0 radical (unpaired) electrons. The summed E-state index contributed by atoms with van der Waals surface area (Å²) in [4.78, 5) is 22.7. The molecule has 2 unspecified atom stereocenters. The monoisotopic (exact) mass is 254 g/mol. The highest BCUT2D eigenvalue weighted by atomic mass is 16.4. The third kappa shape index (κ3) is 2.94. The molecular formula is C13H22N2O3. The minimum Gasteiger partial charge on any atom is -0.481 e. The first-order valence-electron chi connectivity index (χ1n) is 6.81. The molecule has 2 atom stereocenters. The van der Waals surface area contributed by atoms with E-state index in [9.17, 15) is 9.59 Å². The maximum atomic E-state index is 11.9. The van der Waals surface area contributed by atoms with E-state index in [1.165, 1.54) is 0 Å². The summed E-state index contributed by atoms with van der Waals surface area (Å²) in [6.07, 6.45) is 5.91. The largest absolute Gasteiger partial charge is 0.481 e. The molecule has 2 aliphatic carbocycles. The van der Waals surface area contributed by atoms with Gasteiger partial charge in [0.25, 0.3) is 0 Å². The zero-order valence-electron chi connectivity index (χ0n) is 10.9. The van der Waals surface area contributed by atoms with E-state index >= 15 is 0 Å². The Bertz CT molecular complexity index is 339. The van der Waals surface area contributed by atoms with Gasteiger partial charge in [-0.15, -0.1) is 0 Å². The van der Waals surface area contributed by atoms with Crippen molar-refractivity contribution in [2.75, 3.05) is 0 Å². The summed E-state index contributed by atoms with van der Waals surface area (Å²) < 4.78 is 0. The van der Waals surface area contributed by atoms with Crippen molar-refractivity contribution in [3.05, 3.63) is 0 Å². The molecule has 102 valence electrons. The van der Waals surface area contributed by atoms with Crippen molar-refractivity contribution in [1.29, 1.82) is 0 Å². The van der Waals surface area contributed by atoms with Crippen molar-refractivity contribution in [1.82, 2.24) is 10.6 Å². The Labute approximate surface area is 107 Å². The van der Waals surface area contributed by atoms with Gasteiger partial charge in [0.2, 0.25) is 0 Å². The van der Waals surface area contributed by atoms with Gasteiger partial charge in [0.1, 0.15) is 0 Å². The lowest BCUT2D eigenvalue weighted by atomic mass is 9.74. The first kappa shape index (κ1) is 13.2. The van der Waals surface area contributed by atoms with Gasteiger partial charge in [-0.1, -0.05) is 13.3 Å². The molecule has 0 bridgehead atoms. The van der Waals surface area contributed by atoms with Crippen molar-refractivity contribution in [3.8, 4) is 0 Å². The number of aliphatic carboxylic acids is 1. The minimum atomic E-state index is -0.843. The molecule has 2 aliphatic rings. The molecule has 0 aliphatic heterocycles. The Morgan fingerprint density at radius 3 is 2.44 bits per heavy atom. The number of carboxylic acids is 1. The first-order valence-corrected chi connectivity index (χ1v) is 6.81. The second-order valence-electron chi connectivity index (χ2n) is 5.82. The van der Waals surface area contributed by atoms with Crippen LogP contribution in [0.2, 0.25) is 0 Å². The van der Waals surface area contributed by atoms with Gasteiger partial charge < -0.3 is 15.7 Å². The van der Waals surface area contributed by atoms with E-state index in [1.54, 1.807) is 0 Å². The van der Waals surface area contributed by atoms with Gasteiger partial charge in [0, 0.05) is 6.04 Å². The van der Waals surface area contributed by atoms with E-state index in [2.05, 4.69) is 17.6 Å². The van der Waals surface area contributed by atoms with Crippen LogP contribution in [0.3, 0.4) is 0 Å². The Kier molecular flexibility index (Phi) is 3.78. The summed E-state index contributed by atoms with van der Waals surface area (Å²) in [5, 5.41) is 14.7. The second-order valence-corrected chi connectivity index (χ2v) is 5.82. The molecule has 0 aromatic carbocycles. The molecule has 0 heterocycles. The zero-order chi connectivity index (χ0) is 13.2. The van der Waals surface area contributed by atoms with E-state index in [-0.39, 0.29) is 18.5 Å². The molecular weight excluding hydrogens is 232 g/mol. The predicted octanol–water partition coefficient (Wildman–Crippen LogP) is 1.87. The molecule has 2 amide bonds. The SMILES string of the molecule is CC1CCCC1NC(=O)NC1(CC(=O)O)CCC1. The van der Waals surface area contributed by atoms with Crippen LogP contribution in [0.25, 0.3) is 0 Å². The Morgan fingerprint density at radius 2 is 2.00 bits per heavy atom. The molecule has 0 saturated heterocycles. The third-order valence-electron chi connectivity index (χ3n) is 4.36. The normalized spacial score (nSPS) is 29.4. The topological polar surface area (TPSA) is 78.4 Å². The fourth-order valence-electron chi connectivity index (χ4n) is 3.04. The maximum absolute atomic E-state index is 11.9. The van der Waals surface area contributed by atoms with Crippen molar-refractivity contribution in [2.24, 2.45) is 5.92 Å². The highest BCUT2D eigenvalue weighted by Crippen LogP contribution is 2.35. The molecule has 0 aromatic heterocycles. The number of carbonyl (C=O) groups is 2. The van der Waals surface area contributed by atoms with Crippen LogP contribution in [0.4, 0.5) is 4.79 Å². The van der Waals surface area contributed by atoms with Gasteiger partial charge in [-0.3, -0.25) is 4.79 Å². The third-order valence-corrected chi connectivity index (χ3v) is 4.36. The lowest BCUT2D eigenvalue weighted by molar-refractivity contribution is -0.139. The second kappa shape index (κ2) is 5.16. The molecule has 2 fully saturated rings. The van der Waals surface area contributed by atoms with Crippen LogP contribution in [-0.4, -0.2) is 28.7 Å². The Morgan fingerprint density at radius 1 is 1.28 bits per heavy atom. The quantitative estimate of drug-likeness (QED) is 0.716. The number of hydrogen-bond donors (Lipinski definition) is 3. The standard InChI is InChI=1S/C13H22N2O3/c1-9-4-2-5-10(9)14-12(18)15-13(6-3-7-13)8-11(16)17/h9-10H,2-8H2,1H3,(H,16,17)(H2,14,15,18). The summed E-state index contributed by atoms with van der Waals surface area (Å²) in [6, 6.07) is 0.0432. The number of amides is 2. The molecule has 18 heavy (non-hydrogen) atoms. The van der Waals surface area contributed by atoms with Crippen molar-refractivity contribution >= 4 is 12.0 Å². The lowest BCUT2D eigenvalue weighted by Gasteiger charge is -2.41. The molecule has 0 aromatic rings. The van der Waals surface area contributed by atoms with Crippen LogP contribution in [0.5, 0.6) is 0 Å². The van der Waals surface area contributed by atoms with Crippen LogP contribution >= 0.6 is 0 Å². The van der Waals surface area contributed by atoms with Gasteiger partial charge in [-0.25, -0.2) is 4.79 Å². The average molecular weight is 254 g/mol. The van der Waals surface area contributed by atoms with E-state index in [1.807, 2.05) is 0 Å². The molecule has 5 nitrogen and oxygen atoms in total. The number of urea groups is 1. The fourth-order valence-corrected chi connectivity index (χ4v) is 3.04. The average Bonchev–Trinajstić information content (AvgIpc) is 2.60. The molecule has 3 N–H and O–H groups in total.